The largest absolute Gasteiger partial charge is 0.478 e. The molecular formula is C11H16N2O3. The summed E-state index contributed by atoms with van der Waals surface area (Å²) in [6.45, 7) is 3.79. The van der Waals surface area contributed by atoms with Gasteiger partial charge in [-0.15, -0.1) is 0 Å². The molecule has 1 rings (SSSR count). The van der Waals surface area contributed by atoms with Crippen molar-refractivity contribution in [1.82, 2.24) is 4.98 Å². The molecule has 0 spiro atoms. The Morgan fingerprint density at radius 3 is 3.00 bits per heavy atom. The summed E-state index contributed by atoms with van der Waals surface area (Å²) in [5, 5.41) is 9.00. The lowest BCUT2D eigenvalue weighted by Gasteiger charge is -2.20. The van der Waals surface area contributed by atoms with Gasteiger partial charge >= 0.3 is 5.97 Å². The van der Waals surface area contributed by atoms with Crippen molar-refractivity contribution in [3.8, 4) is 0 Å². The second-order valence-corrected chi connectivity index (χ2v) is 3.32. The number of carboxylic acids is 1. The molecular weight excluding hydrogens is 208 g/mol. The van der Waals surface area contributed by atoms with Crippen molar-refractivity contribution in [2.75, 3.05) is 31.7 Å². The number of carbonyl (C=O) groups is 1. The van der Waals surface area contributed by atoms with Gasteiger partial charge in [-0.1, -0.05) is 0 Å². The van der Waals surface area contributed by atoms with Crippen LogP contribution >= 0.6 is 0 Å². The van der Waals surface area contributed by atoms with Gasteiger partial charge in [0.05, 0.1) is 24.1 Å². The Bertz CT molecular complexity index is 355. The van der Waals surface area contributed by atoms with E-state index < -0.39 is 5.97 Å². The summed E-state index contributed by atoms with van der Waals surface area (Å²) in [5.74, 6) is -0.944. The SMILES string of the molecule is CCOCCN(C)c1cnccc1C(=O)O. The minimum Gasteiger partial charge on any atom is -0.478 e. The average Bonchev–Trinajstić information content (AvgIpc) is 2.29. The smallest absolute Gasteiger partial charge is 0.337 e. The zero-order valence-corrected chi connectivity index (χ0v) is 9.51. The number of aromatic carboxylic acids is 1. The van der Waals surface area contributed by atoms with Crippen LogP contribution in [0.5, 0.6) is 0 Å². The zero-order chi connectivity index (χ0) is 12.0. The number of aromatic nitrogens is 1. The summed E-state index contributed by atoms with van der Waals surface area (Å²) in [6, 6.07) is 1.49. The van der Waals surface area contributed by atoms with E-state index >= 15 is 0 Å². The summed E-state index contributed by atoms with van der Waals surface area (Å²) >= 11 is 0. The minimum absolute atomic E-state index is 0.258. The molecule has 0 aliphatic carbocycles. The lowest BCUT2D eigenvalue weighted by Crippen LogP contribution is -2.24. The van der Waals surface area contributed by atoms with Gasteiger partial charge in [-0.05, 0) is 13.0 Å². The molecule has 0 fully saturated rings. The fourth-order valence-corrected chi connectivity index (χ4v) is 1.34. The van der Waals surface area contributed by atoms with Crippen molar-refractivity contribution in [1.29, 1.82) is 0 Å². The van der Waals surface area contributed by atoms with E-state index in [9.17, 15) is 4.79 Å². The molecule has 0 aromatic carbocycles. The summed E-state index contributed by atoms with van der Waals surface area (Å²) < 4.78 is 5.22. The van der Waals surface area contributed by atoms with Crippen molar-refractivity contribution in [2.45, 2.75) is 6.92 Å². The normalized spacial score (nSPS) is 10.1. The van der Waals surface area contributed by atoms with E-state index in [0.717, 1.165) is 0 Å². The number of rotatable bonds is 6. The van der Waals surface area contributed by atoms with Gasteiger partial charge in [-0.2, -0.15) is 0 Å². The first-order valence-electron chi connectivity index (χ1n) is 5.13. The third kappa shape index (κ3) is 3.20. The maximum atomic E-state index is 11.0. The number of nitrogens with zero attached hydrogens (tertiary/aromatic N) is 2. The lowest BCUT2D eigenvalue weighted by atomic mass is 10.2. The van der Waals surface area contributed by atoms with Gasteiger partial charge in [0.2, 0.25) is 0 Å². The molecule has 0 aliphatic heterocycles. The molecule has 1 aromatic rings. The molecule has 5 nitrogen and oxygen atoms in total. The Balaban J connectivity index is 2.74. The second-order valence-electron chi connectivity index (χ2n) is 3.32. The first-order chi connectivity index (χ1) is 7.66. The first-order valence-corrected chi connectivity index (χ1v) is 5.13. The van der Waals surface area contributed by atoms with Gasteiger partial charge in [0.25, 0.3) is 0 Å². The maximum absolute atomic E-state index is 11.0. The quantitative estimate of drug-likeness (QED) is 0.737. The van der Waals surface area contributed by atoms with Gasteiger partial charge in [0.1, 0.15) is 0 Å². The first kappa shape index (κ1) is 12.4. The number of hydrogen-bond donors (Lipinski definition) is 1. The van der Waals surface area contributed by atoms with Crippen LogP contribution in [0, 0.1) is 0 Å². The lowest BCUT2D eigenvalue weighted by molar-refractivity contribution is 0.0697. The number of anilines is 1. The summed E-state index contributed by atoms with van der Waals surface area (Å²) in [7, 11) is 1.82. The summed E-state index contributed by atoms with van der Waals surface area (Å²) in [6.07, 6.45) is 3.03. The van der Waals surface area contributed by atoms with Crippen LogP contribution in [-0.4, -0.2) is 42.9 Å². The van der Waals surface area contributed by atoms with E-state index in [2.05, 4.69) is 4.98 Å². The molecule has 88 valence electrons. The molecule has 1 aromatic heterocycles. The zero-order valence-electron chi connectivity index (χ0n) is 9.51. The highest BCUT2D eigenvalue weighted by Gasteiger charge is 2.12. The molecule has 1 heterocycles. The van der Waals surface area contributed by atoms with E-state index in [4.69, 9.17) is 9.84 Å². The number of carboxylic acid groups (broad SMARTS) is 1. The van der Waals surface area contributed by atoms with Gasteiger partial charge in [-0.3, -0.25) is 4.98 Å². The van der Waals surface area contributed by atoms with Crippen molar-refractivity contribution in [2.24, 2.45) is 0 Å². The number of likely N-dealkylation sites (N-methyl/N-ethyl adjacent to an activating group) is 1. The van der Waals surface area contributed by atoms with Crippen LogP contribution in [0.3, 0.4) is 0 Å². The second kappa shape index (κ2) is 6.07. The van der Waals surface area contributed by atoms with Crippen molar-refractivity contribution in [3.05, 3.63) is 24.0 Å². The van der Waals surface area contributed by atoms with Crippen LogP contribution in [-0.2, 0) is 4.74 Å². The van der Waals surface area contributed by atoms with Gasteiger partial charge in [0, 0.05) is 26.4 Å². The fourth-order valence-electron chi connectivity index (χ4n) is 1.34. The standard InChI is InChI=1S/C11H16N2O3/c1-3-16-7-6-13(2)10-8-12-5-4-9(10)11(14)15/h4-5,8H,3,6-7H2,1-2H3,(H,14,15). The molecule has 16 heavy (non-hydrogen) atoms. The minimum atomic E-state index is -0.944. The van der Waals surface area contributed by atoms with E-state index in [1.807, 2.05) is 18.9 Å². The average molecular weight is 224 g/mol. The van der Waals surface area contributed by atoms with Crippen LogP contribution in [0.15, 0.2) is 18.5 Å². The van der Waals surface area contributed by atoms with Gasteiger partial charge in [0.15, 0.2) is 0 Å². The highest BCUT2D eigenvalue weighted by Crippen LogP contribution is 2.17. The highest BCUT2D eigenvalue weighted by atomic mass is 16.5. The van der Waals surface area contributed by atoms with E-state index in [0.29, 0.717) is 25.4 Å². The Morgan fingerprint density at radius 1 is 1.62 bits per heavy atom. The Hall–Kier alpha value is -1.62. The molecule has 0 amide bonds. The number of pyridine rings is 1. The Labute approximate surface area is 94.7 Å². The third-order valence-electron chi connectivity index (χ3n) is 2.22. The Morgan fingerprint density at radius 2 is 2.38 bits per heavy atom. The van der Waals surface area contributed by atoms with E-state index in [1.54, 1.807) is 6.20 Å². The Kier molecular flexibility index (Phi) is 4.72. The molecule has 5 heteroatoms. The van der Waals surface area contributed by atoms with Crippen LogP contribution in [0.1, 0.15) is 17.3 Å². The molecule has 0 radical (unpaired) electrons. The molecule has 1 N–H and O–H groups in total. The topological polar surface area (TPSA) is 62.7 Å². The molecule has 0 aliphatic rings. The van der Waals surface area contributed by atoms with Gasteiger partial charge in [-0.25, -0.2) is 4.79 Å². The molecule has 0 bridgehead atoms. The van der Waals surface area contributed by atoms with Crippen LogP contribution < -0.4 is 4.90 Å². The molecule has 0 atom stereocenters. The van der Waals surface area contributed by atoms with E-state index in [-0.39, 0.29) is 5.56 Å². The van der Waals surface area contributed by atoms with Crippen LogP contribution in [0.4, 0.5) is 5.69 Å². The molecule has 0 unspecified atom stereocenters. The third-order valence-corrected chi connectivity index (χ3v) is 2.22. The van der Waals surface area contributed by atoms with Crippen LogP contribution in [0.2, 0.25) is 0 Å². The number of hydrogen-bond acceptors (Lipinski definition) is 4. The summed E-state index contributed by atoms with van der Waals surface area (Å²) in [4.78, 5) is 16.7. The van der Waals surface area contributed by atoms with Crippen molar-refractivity contribution >= 4 is 11.7 Å². The maximum Gasteiger partial charge on any atom is 0.337 e. The van der Waals surface area contributed by atoms with Crippen LogP contribution in [0.25, 0.3) is 0 Å². The van der Waals surface area contributed by atoms with Crippen molar-refractivity contribution < 1.29 is 14.6 Å². The predicted molar refractivity (Wildman–Crippen MR) is 61.0 cm³/mol. The van der Waals surface area contributed by atoms with Crippen molar-refractivity contribution in [3.63, 3.8) is 0 Å². The molecule has 0 saturated heterocycles. The fraction of sp³-hybridized carbons (Fsp3) is 0.455. The van der Waals surface area contributed by atoms with Gasteiger partial charge < -0.3 is 14.7 Å². The predicted octanol–water partition coefficient (Wildman–Crippen LogP) is 1.25. The molecule has 0 saturated carbocycles. The number of ether oxygens (including phenoxy) is 1. The van der Waals surface area contributed by atoms with E-state index in [1.165, 1.54) is 12.3 Å². The summed E-state index contributed by atoms with van der Waals surface area (Å²) in [5.41, 5.74) is 0.865. The highest BCUT2D eigenvalue weighted by molar-refractivity contribution is 5.94. The monoisotopic (exact) mass is 224 g/mol.